The molecular weight excluding hydrogens is 180 g/mol. The van der Waals surface area contributed by atoms with Crippen molar-refractivity contribution in [3.8, 4) is 0 Å². The second kappa shape index (κ2) is 5.39. The zero-order chi connectivity index (χ0) is 10.4. The Morgan fingerprint density at radius 1 is 1.57 bits per heavy atom. The quantitative estimate of drug-likeness (QED) is 0.587. The van der Waals surface area contributed by atoms with Gasteiger partial charge >= 0.3 is 0 Å². The number of hydrogen-bond donors (Lipinski definition) is 3. The normalized spacial score (nSPS) is 10.5. The molecule has 0 radical (unpaired) electrons. The van der Waals surface area contributed by atoms with Gasteiger partial charge < -0.3 is 10.6 Å². The average Bonchev–Trinajstić information content (AvgIpc) is 2.64. The lowest BCUT2D eigenvalue weighted by Gasteiger charge is -2.08. The number of nitrogens with one attached hydrogen (secondary N) is 3. The Balaban J connectivity index is 2.16. The zero-order valence-electron chi connectivity index (χ0n) is 8.50. The van der Waals surface area contributed by atoms with E-state index >= 15 is 0 Å². The maximum atomic E-state index is 11.4. The van der Waals surface area contributed by atoms with Crippen LogP contribution >= 0.6 is 0 Å². The standard InChI is InChI=1S/C9H16N4O/c1-7(2)10-3-4-11-9(14)8-5-12-13-6-8/h5-7,10H,3-4H2,1-2H3,(H,11,14)(H,12,13). The molecule has 0 aliphatic heterocycles. The highest BCUT2D eigenvalue weighted by Gasteiger charge is 2.04. The summed E-state index contributed by atoms with van der Waals surface area (Å²) in [4.78, 5) is 11.4. The highest BCUT2D eigenvalue weighted by molar-refractivity contribution is 5.93. The molecule has 3 N–H and O–H groups in total. The van der Waals surface area contributed by atoms with Gasteiger partial charge in [-0.1, -0.05) is 13.8 Å². The topological polar surface area (TPSA) is 69.8 Å². The van der Waals surface area contributed by atoms with E-state index in [-0.39, 0.29) is 5.91 Å². The van der Waals surface area contributed by atoms with Gasteiger partial charge in [0.15, 0.2) is 0 Å². The van der Waals surface area contributed by atoms with Crippen LogP contribution in [-0.2, 0) is 0 Å². The van der Waals surface area contributed by atoms with Gasteiger partial charge in [0, 0.05) is 25.3 Å². The SMILES string of the molecule is CC(C)NCCNC(=O)c1cn[nH]c1. The Kier molecular flexibility index (Phi) is 4.12. The molecule has 0 spiro atoms. The number of aromatic nitrogens is 2. The van der Waals surface area contributed by atoms with Crippen LogP contribution in [0.5, 0.6) is 0 Å². The summed E-state index contributed by atoms with van der Waals surface area (Å²) in [6.07, 6.45) is 3.08. The first kappa shape index (κ1) is 10.7. The number of nitrogens with zero attached hydrogens (tertiary/aromatic N) is 1. The van der Waals surface area contributed by atoms with Crippen LogP contribution in [0.4, 0.5) is 0 Å². The fraction of sp³-hybridized carbons (Fsp3) is 0.556. The predicted octanol–water partition coefficient (Wildman–Crippen LogP) is 0.138. The highest BCUT2D eigenvalue weighted by Crippen LogP contribution is 1.91. The third kappa shape index (κ3) is 3.57. The van der Waals surface area contributed by atoms with Gasteiger partial charge in [-0.05, 0) is 0 Å². The monoisotopic (exact) mass is 196 g/mol. The Bertz CT molecular complexity index is 268. The smallest absolute Gasteiger partial charge is 0.254 e. The van der Waals surface area contributed by atoms with Crippen LogP contribution in [0.15, 0.2) is 12.4 Å². The zero-order valence-corrected chi connectivity index (χ0v) is 8.50. The number of carbonyl (C=O) groups is 1. The molecule has 0 saturated heterocycles. The van der Waals surface area contributed by atoms with E-state index in [1.165, 1.54) is 6.20 Å². The molecule has 1 aromatic rings. The lowest BCUT2D eigenvalue weighted by Crippen LogP contribution is -2.34. The minimum Gasteiger partial charge on any atom is -0.351 e. The van der Waals surface area contributed by atoms with Gasteiger partial charge in [0.25, 0.3) is 5.91 Å². The summed E-state index contributed by atoms with van der Waals surface area (Å²) in [6, 6.07) is 0.445. The molecule has 0 fully saturated rings. The molecule has 0 aliphatic carbocycles. The molecule has 0 bridgehead atoms. The number of rotatable bonds is 5. The van der Waals surface area contributed by atoms with Gasteiger partial charge in [-0.3, -0.25) is 9.89 Å². The van der Waals surface area contributed by atoms with E-state index in [4.69, 9.17) is 0 Å². The van der Waals surface area contributed by atoms with Gasteiger partial charge in [0.2, 0.25) is 0 Å². The van der Waals surface area contributed by atoms with E-state index < -0.39 is 0 Å². The molecule has 5 heteroatoms. The van der Waals surface area contributed by atoms with Crippen molar-refractivity contribution in [3.05, 3.63) is 18.0 Å². The van der Waals surface area contributed by atoms with Crippen LogP contribution in [0.25, 0.3) is 0 Å². The lowest BCUT2D eigenvalue weighted by molar-refractivity contribution is 0.0953. The average molecular weight is 196 g/mol. The molecular formula is C9H16N4O. The van der Waals surface area contributed by atoms with Crippen LogP contribution in [0, 0.1) is 0 Å². The number of H-pyrrole nitrogens is 1. The van der Waals surface area contributed by atoms with Crippen molar-refractivity contribution in [2.24, 2.45) is 0 Å². The minimum absolute atomic E-state index is 0.0932. The fourth-order valence-electron chi connectivity index (χ4n) is 1.01. The van der Waals surface area contributed by atoms with Crippen molar-refractivity contribution in [3.63, 3.8) is 0 Å². The number of aromatic amines is 1. The Labute approximate surface area is 83.3 Å². The number of amides is 1. The highest BCUT2D eigenvalue weighted by atomic mass is 16.1. The minimum atomic E-state index is -0.0932. The molecule has 1 rings (SSSR count). The van der Waals surface area contributed by atoms with Crippen LogP contribution in [0.1, 0.15) is 24.2 Å². The summed E-state index contributed by atoms with van der Waals surface area (Å²) in [5.74, 6) is -0.0932. The Hall–Kier alpha value is -1.36. The maximum Gasteiger partial charge on any atom is 0.254 e. The van der Waals surface area contributed by atoms with Gasteiger partial charge in [-0.25, -0.2) is 0 Å². The van der Waals surface area contributed by atoms with Crippen molar-refractivity contribution in [2.45, 2.75) is 19.9 Å². The molecule has 0 aromatic carbocycles. The first-order valence-electron chi connectivity index (χ1n) is 4.70. The summed E-state index contributed by atoms with van der Waals surface area (Å²) in [7, 11) is 0. The van der Waals surface area contributed by atoms with E-state index in [0.29, 0.717) is 18.2 Å². The van der Waals surface area contributed by atoms with Gasteiger partial charge in [-0.15, -0.1) is 0 Å². The second-order valence-corrected chi connectivity index (χ2v) is 3.35. The molecule has 1 amide bonds. The molecule has 0 atom stereocenters. The maximum absolute atomic E-state index is 11.4. The van der Waals surface area contributed by atoms with Crippen molar-refractivity contribution >= 4 is 5.91 Å². The molecule has 14 heavy (non-hydrogen) atoms. The second-order valence-electron chi connectivity index (χ2n) is 3.35. The first-order chi connectivity index (χ1) is 6.70. The summed E-state index contributed by atoms with van der Waals surface area (Å²) >= 11 is 0. The molecule has 0 aliphatic rings. The van der Waals surface area contributed by atoms with E-state index in [1.807, 2.05) is 0 Å². The summed E-state index contributed by atoms with van der Waals surface area (Å²) in [5, 5.41) is 12.3. The van der Waals surface area contributed by atoms with E-state index in [2.05, 4.69) is 34.7 Å². The third-order valence-electron chi connectivity index (χ3n) is 1.72. The van der Waals surface area contributed by atoms with Crippen LogP contribution in [0.2, 0.25) is 0 Å². The predicted molar refractivity (Wildman–Crippen MR) is 54.1 cm³/mol. The summed E-state index contributed by atoms with van der Waals surface area (Å²) in [6.45, 7) is 5.54. The fourth-order valence-corrected chi connectivity index (χ4v) is 1.01. The summed E-state index contributed by atoms with van der Waals surface area (Å²) < 4.78 is 0. The Morgan fingerprint density at radius 3 is 2.93 bits per heavy atom. The molecule has 1 heterocycles. The molecule has 1 aromatic heterocycles. The van der Waals surface area contributed by atoms with E-state index in [1.54, 1.807) is 6.20 Å². The largest absolute Gasteiger partial charge is 0.351 e. The van der Waals surface area contributed by atoms with E-state index in [9.17, 15) is 4.79 Å². The summed E-state index contributed by atoms with van der Waals surface area (Å²) in [5.41, 5.74) is 0.564. The Morgan fingerprint density at radius 2 is 2.36 bits per heavy atom. The van der Waals surface area contributed by atoms with Crippen LogP contribution < -0.4 is 10.6 Å². The van der Waals surface area contributed by atoms with Crippen molar-refractivity contribution < 1.29 is 4.79 Å². The third-order valence-corrected chi connectivity index (χ3v) is 1.72. The number of carbonyl (C=O) groups excluding carboxylic acids is 1. The first-order valence-corrected chi connectivity index (χ1v) is 4.70. The van der Waals surface area contributed by atoms with Crippen molar-refractivity contribution in [1.82, 2.24) is 20.8 Å². The van der Waals surface area contributed by atoms with Crippen LogP contribution in [0.3, 0.4) is 0 Å². The van der Waals surface area contributed by atoms with Crippen molar-refractivity contribution in [2.75, 3.05) is 13.1 Å². The van der Waals surface area contributed by atoms with Crippen LogP contribution in [-0.4, -0.2) is 35.2 Å². The molecule has 78 valence electrons. The molecule has 0 unspecified atom stereocenters. The number of hydrogen-bond acceptors (Lipinski definition) is 3. The van der Waals surface area contributed by atoms with Gasteiger partial charge in [0.05, 0.1) is 11.8 Å². The van der Waals surface area contributed by atoms with Gasteiger partial charge in [0.1, 0.15) is 0 Å². The van der Waals surface area contributed by atoms with Gasteiger partial charge in [-0.2, -0.15) is 5.10 Å². The van der Waals surface area contributed by atoms with E-state index in [0.717, 1.165) is 6.54 Å². The molecule has 5 nitrogen and oxygen atoms in total. The lowest BCUT2D eigenvalue weighted by atomic mass is 10.3. The molecule has 0 saturated carbocycles. The van der Waals surface area contributed by atoms with Crippen molar-refractivity contribution in [1.29, 1.82) is 0 Å².